The van der Waals surface area contributed by atoms with Crippen molar-refractivity contribution in [2.24, 2.45) is 5.92 Å². The van der Waals surface area contributed by atoms with Crippen LogP contribution in [0.15, 0.2) is 30.3 Å². The van der Waals surface area contributed by atoms with E-state index in [0.29, 0.717) is 6.04 Å². The van der Waals surface area contributed by atoms with Crippen LogP contribution in [0.4, 0.5) is 0 Å². The molecule has 1 aromatic carbocycles. The molecule has 0 spiro atoms. The molecule has 1 aromatic rings. The monoisotopic (exact) mass is 263 g/mol. The molecule has 0 bridgehead atoms. The van der Waals surface area contributed by atoms with Gasteiger partial charge < -0.3 is 14.7 Å². The first-order valence-corrected chi connectivity index (χ1v) is 7.19. The number of nitrogens with zero attached hydrogens (tertiary/aromatic N) is 1. The molecule has 2 unspecified atom stereocenters. The van der Waals surface area contributed by atoms with E-state index < -0.39 is 0 Å². The van der Waals surface area contributed by atoms with Gasteiger partial charge in [-0.05, 0) is 31.4 Å². The Labute approximate surface area is 116 Å². The maximum Gasteiger partial charge on any atom is 0.0827 e. The summed E-state index contributed by atoms with van der Waals surface area (Å²) in [5.41, 5.74) is 1.01. The summed E-state index contributed by atoms with van der Waals surface area (Å²) in [6, 6.07) is 10.5. The van der Waals surface area contributed by atoms with Gasteiger partial charge >= 0.3 is 0 Å². The number of aliphatic hydroxyl groups is 1. The van der Waals surface area contributed by atoms with E-state index in [-0.39, 0.29) is 12.0 Å². The lowest BCUT2D eigenvalue weighted by atomic mass is 9.96. The molecule has 0 radical (unpaired) electrons. The number of rotatable bonds is 5. The highest BCUT2D eigenvalue weighted by Gasteiger charge is 2.23. The first-order chi connectivity index (χ1) is 9.18. The van der Waals surface area contributed by atoms with Gasteiger partial charge in [-0.3, -0.25) is 0 Å². The van der Waals surface area contributed by atoms with Crippen molar-refractivity contribution < 1.29 is 9.84 Å². The zero-order chi connectivity index (χ0) is 13.7. The maximum atomic E-state index is 10.4. The van der Waals surface area contributed by atoms with Gasteiger partial charge in [-0.2, -0.15) is 0 Å². The van der Waals surface area contributed by atoms with Crippen LogP contribution in [0.2, 0.25) is 0 Å². The van der Waals surface area contributed by atoms with Gasteiger partial charge in [-0.25, -0.2) is 0 Å². The summed E-state index contributed by atoms with van der Waals surface area (Å²) in [6.45, 7) is 4.77. The highest BCUT2D eigenvalue weighted by atomic mass is 16.5. The third-order valence-electron chi connectivity index (χ3n) is 4.07. The van der Waals surface area contributed by atoms with Crippen LogP contribution >= 0.6 is 0 Å². The van der Waals surface area contributed by atoms with E-state index in [4.69, 9.17) is 4.74 Å². The van der Waals surface area contributed by atoms with Gasteiger partial charge in [0.1, 0.15) is 0 Å². The molecule has 3 heteroatoms. The Kier molecular flexibility index (Phi) is 5.37. The van der Waals surface area contributed by atoms with Crippen molar-refractivity contribution in [2.75, 3.05) is 26.8 Å². The van der Waals surface area contributed by atoms with Crippen LogP contribution in [0.5, 0.6) is 0 Å². The van der Waals surface area contributed by atoms with Crippen molar-refractivity contribution in [1.29, 1.82) is 0 Å². The number of hydrogen-bond acceptors (Lipinski definition) is 3. The van der Waals surface area contributed by atoms with Gasteiger partial charge in [-0.1, -0.05) is 37.3 Å². The smallest absolute Gasteiger partial charge is 0.0827 e. The number of benzene rings is 1. The second-order valence-corrected chi connectivity index (χ2v) is 5.62. The van der Waals surface area contributed by atoms with Gasteiger partial charge in [0.2, 0.25) is 0 Å². The molecule has 2 rings (SSSR count). The molecule has 19 heavy (non-hydrogen) atoms. The molecule has 1 saturated heterocycles. The topological polar surface area (TPSA) is 32.7 Å². The standard InChI is InChI=1S/C16H25NO2/c1-13(16(18)14-6-4-3-5-7-14)12-17(2)15-8-10-19-11-9-15/h3-7,13,15-16,18H,8-12H2,1-2H3. The van der Waals surface area contributed by atoms with Gasteiger partial charge in [0.05, 0.1) is 6.10 Å². The molecule has 2 atom stereocenters. The van der Waals surface area contributed by atoms with E-state index in [2.05, 4.69) is 18.9 Å². The van der Waals surface area contributed by atoms with Crippen molar-refractivity contribution in [3.8, 4) is 0 Å². The SMILES string of the molecule is CC(CN(C)C1CCOCC1)C(O)c1ccccc1. The van der Waals surface area contributed by atoms with Gasteiger partial charge in [0.15, 0.2) is 0 Å². The molecule has 1 aliphatic rings. The zero-order valence-corrected chi connectivity index (χ0v) is 12.0. The zero-order valence-electron chi connectivity index (χ0n) is 12.0. The predicted molar refractivity (Wildman–Crippen MR) is 77.0 cm³/mol. The molecule has 106 valence electrons. The third kappa shape index (κ3) is 4.03. The van der Waals surface area contributed by atoms with Gasteiger partial charge in [-0.15, -0.1) is 0 Å². The van der Waals surface area contributed by atoms with Crippen molar-refractivity contribution >= 4 is 0 Å². The van der Waals surface area contributed by atoms with Gasteiger partial charge in [0.25, 0.3) is 0 Å². The third-order valence-corrected chi connectivity index (χ3v) is 4.07. The molecule has 0 amide bonds. The van der Waals surface area contributed by atoms with E-state index in [0.717, 1.165) is 38.2 Å². The fourth-order valence-corrected chi connectivity index (χ4v) is 2.81. The number of hydrogen-bond donors (Lipinski definition) is 1. The molecule has 3 nitrogen and oxygen atoms in total. The van der Waals surface area contributed by atoms with Crippen LogP contribution in [0.25, 0.3) is 0 Å². The van der Waals surface area contributed by atoms with E-state index in [1.54, 1.807) is 0 Å². The summed E-state index contributed by atoms with van der Waals surface area (Å²) in [6.07, 6.45) is 1.82. The summed E-state index contributed by atoms with van der Waals surface area (Å²) >= 11 is 0. The van der Waals surface area contributed by atoms with Crippen molar-refractivity contribution in [2.45, 2.75) is 31.9 Å². The van der Waals surface area contributed by atoms with Crippen molar-refractivity contribution in [1.82, 2.24) is 4.90 Å². The van der Waals surface area contributed by atoms with Crippen LogP contribution in [-0.4, -0.2) is 42.9 Å². The normalized spacial score (nSPS) is 20.4. The van der Waals surface area contributed by atoms with Crippen LogP contribution < -0.4 is 0 Å². The molecule has 1 heterocycles. The summed E-state index contributed by atoms with van der Waals surface area (Å²) in [5.74, 6) is 0.232. The van der Waals surface area contributed by atoms with Crippen LogP contribution in [0.3, 0.4) is 0 Å². The van der Waals surface area contributed by atoms with Crippen LogP contribution in [-0.2, 0) is 4.74 Å². The summed E-state index contributed by atoms with van der Waals surface area (Å²) in [4.78, 5) is 2.37. The lowest BCUT2D eigenvalue weighted by molar-refractivity contribution is 0.0256. The molecule has 0 saturated carbocycles. The molecular formula is C16H25NO2. The lowest BCUT2D eigenvalue weighted by Gasteiger charge is -2.34. The highest BCUT2D eigenvalue weighted by molar-refractivity contribution is 5.17. The lowest BCUT2D eigenvalue weighted by Crippen LogP contribution is -2.39. The first-order valence-electron chi connectivity index (χ1n) is 7.19. The Bertz CT molecular complexity index is 362. The summed E-state index contributed by atoms with van der Waals surface area (Å²) in [7, 11) is 2.16. The Balaban J connectivity index is 1.87. The molecule has 0 aromatic heterocycles. The predicted octanol–water partition coefficient (Wildman–Crippen LogP) is 2.47. The minimum Gasteiger partial charge on any atom is -0.388 e. The quantitative estimate of drug-likeness (QED) is 0.886. The van der Waals surface area contributed by atoms with Crippen molar-refractivity contribution in [3.63, 3.8) is 0 Å². The maximum absolute atomic E-state index is 10.4. The van der Waals surface area contributed by atoms with E-state index in [1.807, 2.05) is 30.3 Å². The Hall–Kier alpha value is -0.900. The number of ether oxygens (including phenoxy) is 1. The Morgan fingerprint density at radius 3 is 2.53 bits per heavy atom. The highest BCUT2D eigenvalue weighted by Crippen LogP contribution is 2.23. The number of aliphatic hydroxyl groups excluding tert-OH is 1. The molecule has 1 fully saturated rings. The fraction of sp³-hybridized carbons (Fsp3) is 0.625. The van der Waals surface area contributed by atoms with E-state index in [1.165, 1.54) is 0 Å². The summed E-state index contributed by atoms with van der Waals surface area (Å²) in [5, 5.41) is 10.4. The second kappa shape index (κ2) is 7.04. The largest absolute Gasteiger partial charge is 0.388 e. The molecule has 1 N–H and O–H groups in total. The van der Waals surface area contributed by atoms with Crippen LogP contribution in [0, 0.1) is 5.92 Å². The minimum atomic E-state index is -0.386. The van der Waals surface area contributed by atoms with Gasteiger partial charge in [0, 0.05) is 25.8 Å². The van der Waals surface area contributed by atoms with E-state index >= 15 is 0 Å². The molecule has 0 aliphatic carbocycles. The first kappa shape index (κ1) is 14.5. The average molecular weight is 263 g/mol. The fourth-order valence-electron chi connectivity index (χ4n) is 2.81. The minimum absolute atomic E-state index is 0.232. The second-order valence-electron chi connectivity index (χ2n) is 5.62. The Morgan fingerprint density at radius 1 is 1.26 bits per heavy atom. The van der Waals surface area contributed by atoms with Crippen LogP contribution in [0.1, 0.15) is 31.4 Å². The average Bonchev–Trinajstić information content (AvgIpc) is 2.48. The van der Waals surface area contributed by atoms with Crippen molar-refractivity contribution in [3.05, 3.63) is 35.9 Å². The Morgan fingerprint density at radius 2 is 1.89 bits per heavy atom. The molecular weight excluding hydrogens is 238 g/mol. The molecule has 1 aliphatic heterocycles. The summed E-state index contributed by atoms with van der Waals surface area (Å²) < 4.78 is 5.40. The van der Waals surface area contributed by atoms with E-state index in [9.17, 15) is 5.11 Å².